The fourth-order valence-electron chi connectivity index (χ4n) is 2.27. The first-order valence-corrected chi connectivity index (χ1v) is 6.26. The van der Waals surface area contributed by atoms with Gasteiger partial charge >= 0.3 is 0 Å². The van der Waals surface area contributed by atoms with Gasteiger partial charge in [0, 0.05) is 11.8 Å². The van der Waals surface area contributed by atoms with Crippen LogP contribution in [-0.4, -0.2) is 19.7 Å². The molecule has 0 aromatic carbocycles. The van der Waals surface area contributed by atoms with Crippen molar-refractivity contribution in [3.05, 3.63) is 60.1 Å². The predicted molar refractivity (Wildman–Crippen MR) is 74.0 cm³/mol. The van der Waals surface area contributed by atoms with Crippen LogP contribution in [0.1, 0.15) is 11.4 Å². The summed E-state index contributed by atoms with van der Waals surface area (Å²) in [6.45, 7) is 3.90. The maximum atomic E-state index is 12.9. The number of aromatic nitrogens is 4. The smallest absolute Gasteiger partial charge is 0.212 e. The Morgan fingerprint density at radius 2 is 1.90 bits per heavy atom. The monoisotopic (exact) mass is 268 g/mol. The summed E-state index contributed by atoms with van der Waals surface area (Å²) in [6, 6.07) is 8.75. The standard InChI is InChI=1S/C15H13FN4/c1-10-15(13-5-3-4-8-17-13)11(2)20(19-10)12-6-7-14(16)18-9-12/h3-9H,1-2H3. The van der Waals surface area contributed by atoms with E-state index in [9.17, 15) is 4.39 Å². The molecule has 0 aliphatic rings. The van der Waals surface area contributed by atoms with Gasteiger partial charge < -0.3 is 0 Å². The molecule has 0 atom stereocenters. The van der Waals surface area contributed by atoms with Crippen LogP contribution >= 0.6 is 0 Å². The molecule has 100 valence electrons. The molecule has 0 unspecified atom stereocenters. The highest BCUT2D eigenvalue weighted by atomic mass is 19.1. The van der Waals surface area contributed by atoms with Crippen molar-refractivity contribution in [3.8, 4) is 16.9 Å². The van der Waals surface area contributed by atoms with Crippen LogP contribution in [0.15, 0.2) is 42.7 Å². The van der Waals surface area contributed by atoms with Gasteiger partial charge in [-0.3, -0.25) is 4.98 Å². The van der Waals surface area contributed by atoms with Crippen molar-refractivity contribution in [2.24, 2.45) is 0 Å². The topological polar surface area (TPSA) is 43.6 Å². The van der Waals surface area contributed by atoms with E-state index in [1.807, 2.05) is 32.0 Å². The van der Waals surface area contributed by atoms with Gasteiger partial charge in [-0.15, -0.1) is 0 Å². The van der Waals surface area contributed by atoms with Gasteiger partial charge in [0.15, 0.2) is 0 Å². The second-order valence-corrected chi connectivity index (χ2v) is 4.51. The fraction of sp³-hybridized carbons (Fsp3) is 0.133. The molecule has 4 nitrogen and oxygen atoms in total. The van der Waals surface area contributed by atoms with Crippen LogP contribution in [-0.2, 0) is 0 Å². The zero-order valence-electron chi connectivity index (χ0n) is 11.2. The maximum absolute atomic E-state index is 12.9. The molecule has 0 N–H and O–H groups in total. The van der Waals surface area contributed by atoms with E-state index >= 15 is 0 Å². The van der Waals surface area contributed by atoms with Crippen molar-refractivity contribution in [2.75, 3.05) is 0 Å². The SMILES string of the molecule is Cc1nn(-c2ccc(F)nc2)c(C)c1-c1ccccn1. The number of hydrogen-bond donors (Lipinski definition) is 0. The van der Waals surface area contributed by atoms with Crippen molar-refractivity contribution in [3.63, 3.8) is 0 Å². The van der Waals surface area contributed by atoms with E-state index in [1.165, 1.54) is 12.3 Å². The minimum Gasteiger partial charge on any atom is -0.256 e. The lowest BCUT2D eigenvalue weighted by atomic mass is 10.1. The Labute approximate surface area is 115 Å². The van der Waals surface area contributed by atoms with Gasteiger partial charge in [-0.25, -0.2) is 9.67 Å². The Hall–Kier alpha value is -2.56. The second kappa shape index (κ2) is 4.85. The lowest BCUT2D eigenvalue weighted by Gasteiger charge is -2.04. The van der Waals surface area contributed by atoms with Crippen molar-refractivity contribution in [1.29, 1.82) is 0 Å². The van der Waals surface area contributed by atoms with Gasteiger partial charge in [0.05, 0.1) is 29.0 Å². The van der Waals surface area contributed by atoms with Crippen molar-refractivity contribution < 1.29 is 4.39 Å². The van der Waals surface area contributed by atoms with Gasteiger partial charge in [0.1, 0.15) is 0 Å². The molecular weight excluding hydrogens is 255 g/mol. The number of pyridine rings is 2. The Balaban J connectivity index is 2.14. The Bertz CT molecular complexity index is 733. The first-order chi connectivity index (χ1) is 9.66. The summed E-state index contributed by atoms with van der Waals surface area (Å²) in [6.07, 6.45) is 3.22. The average molecular weight is 268 g/mol. The third kappa shape index (κ3) is 2.07. The van der Waals surface area contributed by atoms with Crippen LogP contribution < -0.4 is 0 Å². The van der Waals surface area contributed by atoms with Gasteiger partial charge in [0.25, 0.3) is 0 Å². The molecule has 0 radical (unpaired) electrons. The molecule has 3 aromatic rings. The Morgan fingerprint density at radius 1 is 1.05 bits per heavy atom. The summed E-state index contributed by atoms with van der Waals surface area (Å²) in [5.74, 6) is -0.500. The maximum Gasteiger partial charge on any atom is 0.212 e. The molecule has 0 amide bonds. The molecule has 3 rings (SSSR count). The summed E-state index contributed by atoms with van der Waals surface area (Å²) in [5, 5.41) is 4.50. The van der Waals surface area contributed by atoms with E-state index in [-0.39, 0.29) is 0 Å². The molecule has 0 saturated carbocycles. The number of rotatable bonds is 2. The number of halogens is 1. The molecule has 0 fully saturated rings. The van der Waals surface area contributed by atoms with Crippen LogP contribution in [0.2, 0.25) is 0 Å². The molecule has 3 aromatic heterocycles. The lowest BCUT2D eigenvalue weighted by Crippen LogP contribution is -2.00. The molecule has 3 heterocycles. The largest absolute Gasteiger partial charge is 0.256 e. The van der Waals surface area contributed by atoms with Gasteiger partial charge in [-0.1, -0.05) is 6.07 Å². The third-order valence-corrected chi connectivity index (χ3v) is 3.17. The van der Waals surface area contributed by atoms with Crippen LogP contribution in [0.25, 0.3) is 16.9 Å². The minimum absolute atomic E-state index is 0.500. The first kappa shape index (κ1) is 12.5. The van der Waals surface area contributed by atoms with E-state index in [4.69, 9.17) is 0 Å². The Kier molecular flexibility index (Phi) is 3.02. The third-order valence-electron chi connectivity index (χ3n) is 3.17. The van der Waals surface area contributed by atoms with E-state index in [0.29, 0.717) is 0 Å². The summed E-state index contributed by atoms with van der Waals surface area (Å²) in [5.41, 5.74) is 4.44. The predicted octanol–water partition coefficient (Wildman–Crippen LogP) is 3.09. The Morgan fingerprint density at radius 3 is 2.55 bits per heavy atom. The zero-order chi connectivity index (χ0) is 14.1. The average Bonchev–Trinajstić information content (AvgIpc) is 2.76. The highest BCUT2D eigenvalue weighted by Crippen LogP contribution is 2.26. The van der Waals surface area contributed by atoms with E-state index < -0.39 is 5.95 Å². The van der Waals surface area contributed by atoms with Crippen LogP contribution in [0.4, 0.5) is 4.39 Å². The highest BCUT2D eigenvalue weighted by molar-refractivity contribution is 5.65. The summed E-state index contributed by atoms with van der Waals surface area (Å²) in [7, 11) is 0. The first-order valence-electron chi connectivity index (χ1n) is 6.26. The highest BCUT2D eigenvalue weighted by Gasteiger charge is 2.15. The van der Waals surface area contributed by atoms with Crippen molar-refractivity contribution in [2.45, 2.75) is 13.8 Å². The molecule has 5 heteroatoms. The van der Waals surface area contributed by atoms with Crippen LogP contribution in [0.5, 0.6) is 0 Å². The quantitative estimate of drug-likeness (QED) is 0.671. The second-order valence-electron chi connectivity index (χ2n) is 4.51. The van der Waals surface area contributed by atoms with Gasteiger partial charge in [-0.05, 0) is 38.1 Å². The van der Waals surface area contributed by atoms with Gasteiger partial charge in [0.2, 0.25) is 5.95 Å². The normalized spacial score (nSPS) is 10.8. The van der Waals surface area contributed by atoms with Crippen molar-refractivity contribution in [1.82, 2.24) is 19.7 Å². The summed E-state index contributed by atoms with van der Waals surface area (Å²) in [4.78, 5) is 8.03. The molecule has 0 bridgehead atoms. The van der Waals surface area contributed by atoms with E-state index in [2.05, 4.69) is 15.1 Å². The van der Waals surface area contributed by atoms with Crippen LogP contribution in [0, 0.1) is 19.8 Å². The number of aryl methyl sites for hydroxylation is 1. The number of nitrogens with zero attached hydrogens (tertiary/aromatic N) is 4. The lowest BCUT2D eigenvalue weighted by molar-refractivity contribution is 0.582. The van der Waals surface area contributed by atoms with Gasteiger partial charge in [-0.2, -0.15) is 9.49 Å². The molecule has 0 aliphatic heterocycles. The molecule has 0 saturated heterocycles. The van der Waals surface area contributed by atoms with E-state index in [0.717, 1.165) is 28.3 Å². The van der Waals surface area contributed by atoms with E-state index in [1.54, 1.807) is 16.9 Å². The van der Waals surface area contributed by atoms with Crippen molar-refractivity contribution >= 4 is 0 Å². The molecule has 20 heavy (non-hydrogen) atoms. The fourth-order valence-corrected chi connectivity index (χ4v) is 2.27. The molecular formula is C15H13FN4. The minimum atomic E-state index is -0.500. The molecule has 0 aliphatic carbocycles. The summed E-state index contributed by atoms with van der Waals surface area (Å²) < 4.78 is 14.7. The molecule has 0 spiro atoms. The zero-order valence-corrected chi connectivity index (χ0v) is 11.2. The van der Waals surface area contributed by atoms with Crippen LogP contribution in [0.3, 0.4) is 0 Å². The number of hydrogen-bond acceptors (Lipinski definition) is 3. The summed E-state index contributed by atoms with van der Waals surface area (Å²) >= 11 is 0.